The topological polar surface area (TPSA) is 84.5 Å². The van der Waals surface area contributed by atoms with Crippen molar-refractivity contribution >= 4 is 34.6 Å². The van der Waals surface area contributed by atoms with Gasteiger partial charge in [0.05, 0.1) is 6.42 Å². The van der Waals surface area contributed by atoms with Crippen molar-refractivity contribution in [1.82, 2.24) is 21.2 Å². The van der Waals surface area contributed by atoms with Crippen LogP contribution in [-0.2, 0) is 17.8 Å². The van der Waals surface area contributed by atoms with Crippen LogP contribution in [0.2, 0.25) is 0 Å². The number of nitrogens with zero attached hydrogens (tertiary/aromatic N) is 1. The van der Waals surface area contributed by atoms with Crippen molar-refractivity contribution in [2.75, 3.05) is 6.79 Å². The molecule has 126 valence electrons. The molecule has 0 saturated heterocycles. The zero-order valence-electron chi connectivity index (χ0n) is 12.9. The quantitative estimate of drug-likeness (QED) is 0.559. The van der Waals surface area contributed by atoms with E-state index in [0.29, 0.717) is 11.7 Å². The highest BCUT2D eigenvalue weighted by Gasteiger charge is 2.13. The fourth-order valence-corrected chi connectivity index (χ4v) is 2.96. The van der Waals surface area contributed by atoms with Crippen molar-refractivity contribution in [3.8, 4) is 11.5 Å². The molecule has 1 aromatic heterocycles. The Morgan fingerprint density at radius 1 is 1.33 bits per heavy atom. The van der Waals surface area contributed by atoms with Gasteiger partial charge in [-0.3, -0.25) is 15.6 Å². The number of carbonyl (C=O) groups is 1. The molecule has 1 aromatic carbocycles. The van der Waals surface area contributed by atoms with Crippen LogP contribution in [0.3, 0.4) is 0 Å². The standard InChI is InChI=1S/C15H16N4O3S2/c1-9-7-24-14(17-9)5-13(20)18-19-15(23)16-6-10-2-3-11-12(4-10)22-8-21-11/h2-4,7H,5-6,8H2,1H3,(H,18,20)(H2,16,19,23). The number of nitrogens with one attached hydrogen (secondary N) is 3. The minimum Gasteiger partial charge on any atom is -0.454 e. The molecule has 2 aromatic rings. The predicted octanol–water partition coefficient (Wildman–Crippen LogP) is 1.42. The third kappa shape index (κ3) is 4.33. The van der Waals surface area contributed by atoms with Crippen molar-refractivity contribution in [3.05, 3.63) is 39.8 Å². The molecule has 0 bridgehead atoms. The van der Waals surface area contributed by atoms with Gasteiger partial charge in [0.25, 0.3) is 0 Å². The van der Waals surface area contributed by atoms with Gasteiger partial charge >= 0.3 is 0 Å². The van der Waals surface area contributed by atoms with Crippen LogP contribution in [-0.4, -0.2) is 22.8 Å². The number of aromatic nitrogens is 1. The molecule has 1 amide bonds. The number of hydrogen-bond donors (Lipinski definition) is 3. The molecule has 0 fully saturated rings. The van der Waals surface area contributed by atoms with E-state index in [1.165, 1.54) is 11.3 Å². The lowest BCUT2D eigenvalue weighted by atomic mass is 10.2. The van der Waals surface area contributed by atoms with Crippen LogP contribution in [0.4, 0.5) is 0 Å². The lowest BCUT2D eigenvalue weighted by Crippen LogP contribution is -2.47. The molecule has 0 spiro atoms. The zero-order valence-corrected chi connectivity index (χ0v) is 14.6. The summed E-state index contributed by atoms with van der Waals surface area (Å²) in [5.41, 5.74) is 7.13. The first-order chi connectivity index (χ1) is 11.6. The molecule has 3 N–H and O–H groups in total. The van der Waals surface area contributed by atoms with Crippen molar-refractivity contribution in [2.24, 2.45) is 0 Å². The van der Waals surface area contributed by atoms with Gasteiger partial charge in [-0.15, -0.1) is 11.3 Å². The maximum Gasteiger partial charge on any atom is 0.245 e. The maximum atomic E-state index is 11.8. The van der Waals surface area contributed by atoms with E-state index in [1.54, 1.807) is 0 Å². The second kappa shape index (κ2) is 7.45. The Hall–Kier alpha value is -2.39. The summed E-state index contributed by atoms with van der Waals surface area (Å²) in [4.78, 5) is 16.0. The van der Waals surface area contributed by atoms with Crippen LogP contribution < -0.4 is 25.6 Å². The fraction of sp³-hybridized carbons (Fsp3) is 0.267. The summed E-state index contributed by atoms with van der Waals surface area (Å²) in [6.07, 6.45) is 0.219. The molecule has 9 heteroatoms. The Balaban J connectivity index is 1.40. The molecule has 1 aliphatic heterocycles. The number of thiocarbonyl (C=S) groups is 1. The van der Waals surface area contributed by atoms with Gasteiger partial charge in [0.2, 0.25) is 12.7 Å². The van der Waals surface area contributed by atoms with E-state index in [1.807, 2.05) is 30.5 Å². The van der Waals surface area contributed by atoms with Gasteiger partial charge in [-0.25, -0.2) is 4.98 Å². The molecule has 0 saturated carbocycles. The van der Waals surface area contributed by atoms with E-state index in [-0.39, 0.29) is 19.1 Å². The number of carbonyl (C=O) groups excluding carboxylic acids is 1. The number of benzene rings is 1. The second-order valence-corrected chi connectivity index (χ2v) is 6.45. The molecule has 7 nitrogen and oxygen atoms in total. The summed E-state index contributed by atoms with van der Waals surface area (Å²) in [7, 11) is 0. The van der Waals surface area contributed by atoms with E-state index in [9.17, 15) is 4.79 Å². The number of fused-ring (bicyclic) bond motifs is 1. The largest absolute Gasteiger partial charge is 0.454 e. The van der Waals surface area contributed by atoms with E-state index in [0.717, 1.165) is 27.8 Å². The Kier molecular flexibility index (Phi) is 5.11. The molecule has 1 aliphatic rings. The lowest BCUT2D eigenvalue weighted by Gasteiger charge is -2.11. The number of hydrogen-bond acceptors (Lipinski definition) is 6. The minimum atomic E-state index is -0.198. The monoisotopic (exact) mass is 364 g/mol. The minimum absolute atomic E-state index is 0.198. The van der Waals surface area contributed by atoms with Gasteiger partial charge in [0, 0.05) is 17.6 Å². The van der Waals surface area contributed by atoms with Crippen LogP contribution in [0.15, 0.2) is 23.6 Å². The maximum absolute atomic E-state index is 11.8. The Morgan fingerprint density at radius 2 is 2.17 bits per heavy atom. The van der Waals surface area contributed by atoms with Crippen LogP contribution >= 0.6 is 23.6 Å². The zero-order chi connectivity index (χ0) is 16.9. The molecule has 0 unspecified atom stereocenters. The highest BCUT2D eigenvalue weighted by molar-refractivity contribution is 7.80. The Bertz CT molecular complexity index is 763. The molecule has 3 rings (SSSR count). The highest BCUT2D eigenvalue weighted by atomic mass is 32.1. The molecule has 2 heterocycles. The van der Waals surface area contributed by atoms with Gasteiger partial charge in [-0.05, 0) is 36.8 Å². The molecule has 0 atom stereocenters. The Morgan fingerprint density at radius 3 is 2.96 bits per heavy atom. The van der Waals surface area contributed by atoms with Gasteiger partial charge in [-0.2, -0.15) is 0 Å². The first-order valence-electron chi connectivity index (χ1n) is 7.22. The first kappa shape index (κ1) is 16.5. The van der Waals surface area contributed by atoms with Crippen molar-refractivity contribution in [1.29, 1.82) is 0 Å². The summed E-state index contributed by atoms with van der Waals surface area (Å²) in [6, 6.07) is 5.67. The Labute approximate surface area is 148 Å². The number of hydrazine groups is 1. The molecular weight excluding hydrogens is 348 g/mol. The number of amides is 1. The predicted molar refractivity (Wildman–Crippen MR) is 93.8 cm³/mol. The normalized spacial score (nSPS) is 11.9. The van der Waals surface area contributed by atoms with Gasteiger partial charge in [0.1, 0.15) is 5.01 Å². The summed E-state index contributed by atoms with van der Waals surface area (Å²) in [5, 5.41) is 6.02. The number of rotatable bonds is 4. The molecule has 0 radical (unpaired) electrons. The third-order valence-electron chi connectivity index (χ3n) is 3.18. The van der Waals surface area contributed by atoms with Crippen molar-refractivity contribution in [3.63, 3.8) is 0 Å². The van der Waals surface area contributed by atoms with Crippen LogP contribution in [0, 0.1) is 6.92 Å². The number of aryl methyl sites for hydroxylation is 1. The summed E-state index contributed by atoms with van der Waals surface area (Å²) >= 11 is 6.59. The van der Waals surface area contributed by atoms with Crippen molar-refractivity contribution in [2.45, 2.75) is 19.9 Å². The second-order valence-electron chi connectivity index (χ2n) is 5.10. The van der Waals surface area contributed by atoms with E-state index in [2.05, 4.69) is 21.2 Å². The van der Waals surface area contributed by atoms with Crippen LogP contribution in [0.5, 0.6) is 11.5 Å². The lowest BCUT2D eigenvalue weighted by molar-refractivity contribution is -0.121. The average molecular weight is 364 g/mol. The van der Waals surface area contributed by atoms with Crippen LogP contribution in [0.1, 0.15) is 16.3 Å². The highest BCUT2D eigenvalue weighted by Crippen LogP contribution is 2.32. The summed E-state index contributed by atoms with van der Waals surface area (Å²) in [5.74, 6) is 1.26. The van der Waals surface area contributed by atoms with E-state index in [4.69, 9.17) is 21.7 Å². The molecule has 0 aliphatic carbocycles. The van der Waals surface area contributed by atoms with Gasteiger partial charge in [0.15, 0.2) is 16.6 Å². The van der Waals surface area contributed by atoms with Crippen LogP contribution in [0.25, 0.3) is 0 Å². The SMILES string of the molecule is Cc1csc(CC(=O)NNC(=S)NCc2ccc3c(c2)OCO3)n1. The number of thiazole rings is 1. The van der Waals surface area contributed by atoms with E-state index >= 15 is 0 Å². The van der Waals surface area contributed by atoms with Gasteiger partial charge in [-0.1, -0.05) is 6.07 Å². The fourth-order valence-electron chi connectivity index (χ4n) is 2.07. The summed E-state index contributed by atoms with van der Waals surface area (Å²) < 4.78 is 10.6. The third-order valence-corrected chi connectivity index (χ3v) is 4.40. The smallest absolute Gasteiger partial charge is 0.245 e. The van der Waals surface area contributed by atoms with Crippen molar-refractivity contribution < 1.29 is 14.3 Å². The van der Waals surface area contributed by atoms with Gasteiger partial charge < -0.3 is 14.8 Å². The van der Waals surface area contributed by atoms with E-state index < -0.39 is 0 Å². The summed E-state index contributed by atoms with van der Waals surface area (Å²) in [6.45, 7) is 2.65. The molecular formula is C15H16N4O3S2. The molecule has 24 heavy (non-hydrogen) atoms. The average Bonchev–Trinajstić information content (AvgIpc) is 3.19. The first-order valence-corrected chi connectivity index (χ1v) is 8.51. The number of ether oxygens (including phenoxy) is 2.